The minimum absolute atomic E-state index is 0.179. The quantitative estimate of drug-likeness (QED) is 0.666. The maximum atomic E-state index is 12.6. The van der Waals surface area contributed by atoms with E-state index < -0.39 is 0 Å². The Morgan fingerprint density at radius 2 is 1.81 bits per heavy atom. The van der Waals surface area contributed by atoms with Crippen LogP contribution in [0, 0.1) is 0 Å². The molecule has 3 aromatic rings. The molecule has 1 saturated heterocycles. The van der Waals surface area contributed by atoms with Gasteiger partial charge >= 0.3 is 5.69 Å². The molecule has 166 valence electrons. The number of fused-ring (bicyclic) bond motifs is 3. The molecule has 0 radical (unpaired) electrons. The molecule has 1 unspecified atom stereocenters. The number of carbonyl (C=O) groups excluding carboxylic acids is 1. The second-order valence-corrected chi connectivity index (χ2v) is 8.99. The van der Waals surface area contributed by atoms with Gasteiger partial charge in [0.15, 0.2) is 5.78 Å². The number of anilines is 1. The molecule has 3 heterocycles. The van der Waals surface area contributed by atoms with Crippen LogP contribution in [0.2, 0.25) is 0 Å². The zero-order valence-corrected chi connectivity index (χ0v) is 18.5. The van der Waals surface area contributed by atoms with E-state index in [1.165, 1.54) is 5.56 Å². The summed E-state index contributed by atoms with van der Waals surface area (Å²) in [6.07, 6.45) is 0.466. The number of nitrogens with zero attached hydrogens (tertiary/aromatic N) is 4. The Bertz CT molecular complexity index is 1180. The molecule has 0 spiro atoms. The van der Waals surface area contributed by atoms with Crippen molar-refractivity contribution in [2.45, 2.75) is 18.9 Å². The number of likely N-dealkylation sites (N-methyl/N-ethyl adjacent to an activating group) is 1. The highest BCUT2D eigenvalue weighted by molar-refractivity contribution is 5.89. The minimum atomic E-state index is -0.220. The third-order valence-corrected chi connectivity index (χ3v) is 6.64. The van der Waals surface area contributed by atoms with Gasteiger partial charge in [-0.2, -0.15) is 4.98 Å². The molecule has 1 atom stereocenters. The van der Waals surface area contributed by atoms with E-state index in [1.54, 1.807) is 4.57 Å². The van der Waals surface area contributed by atoms with Gasteiger partial charge in [-0.25, -0.2) is 4.79 Å². The fourth-order valence-electron chi connectivity index (χ4n) is 4.71. The lowest BCUT2D eigenvalue weighted by Gasteiger charge is -2.31. The fourth-order valence-corrected chi connectivity index (χ4v) is 4.71. The molecular formula is C25H29N5O2. The van der Waals surface area contributed by atoms with Crippen LogP contribution in [0.25, 0.3) is 10.9 Å². The van der Waals surface area contributed by atoms with Gasteiger partial charge in [0.1, 0.15) is 5.82 Å². The lowest BCUT2D eigenvalue weighted by atomic mass is 9.95. The SMILES string of the molecule is CN1CCN(CC(=O)Cc2ccc(C3CNc4c5ccccc5nc(=O)n4C3)cc2)CC1. The standard InChI is InChI=1S/C25H29N5O2/c1-28-10-12-29(13-11-28)17-21(31)14-18-6-8-19(9-7-18)20-15-26-24-22-4-2-3-5-23(22)27-25(32)30(24)16-20/h2-9,20,26H,10-17H2,1H3. The summed E-state index contributed by atoms with van der Waals surface area (Å²) in [5.74, 6) is 1.29. The molecule has 5 rings (SSSR count). The maximum absolute atomic E-state index is 12.6. The third-order valence-electron chi connectivity index (χ3n) is 6.64. The lowest BCUT2D eigenvalue weighted by molar-refractivity contribution is -0.119. The second kappa shape index (κ2) is 8.84. The average Bonchev–Trinajstić information content (AvgIpc) is 2.81. The van der Waals surface area contributed by atoms with Gasteiger partial charge in [-0.1, -0.05) is 36.4 Å². The Morgan fingerprint density at radius 3 is 2.59 bits per heavy atom. The van der Waals surface area contributed by atoms with Crippen LogP contribution < -0.4 is 11.0 Å². The summed E-state index contributed by atoms with van der Waals surface area (Å²) < 4.78 is 1.74. The van der Waals surface area contributed by atoms with E-state index in [2.05, 4.69) is 39.3 Å². The molecule has 2 aromatic carbocycles. The largest absolute Gasteiger partial charge is 0.370 e. The summed E-state index contributed by atoms with van der Waals surface area (Å²) in [6, 6.07) is 16.0. The van der Waals surface area contributed by atoms with Crippen LogP contribution >= 0.6 is 0 Å². The number of Topliss-reactive ketones (excluding diaryl/α,β-unsaturated/α-hetero) is 1. The van der Waals surface area contributed by atoms with E-state index >= 15 is 0 Å². The lowest BCUT2D eigenvalue weighted by Crippen LogP contribution is -2.46. The second-order valence-electron chi connectivity index (χ2n) is 8.99. The molecule has 1 N–H and O–H groups in total. The zero-order valence-electron chi connectivity index (χ0n) is 18.5. The molecule has 0 aliphatic carbocycles. The molecular weight excluding hydrogens is 402 g/mol. The van der Waals surface area contributed by atoms with Crippen molar-refractivity contribution in [1.82, 2.24) is 19.4 Å². The Balaban J connectivity index is 1.25. The summed E-state index contributed by atoms with van der Waals surface area (Å²) in [5.41, 5.74) is 2.71. The number of para-hydroxylation sites is 1. The van der Waals surface area contributed by atoms with E-state index in [9.17, 15) is 9.59 Å². The van der Waals surface area contributed by atoms with Crippen molar-refractivity contribution in [1.29, 1.82) is 0 Å². The number of rotatable bonds is 5. The van der Waals surface area contributed by atoms with Crippen molar-refractivity contribution in [2.24, 2.45) is 0 Å². The van der Waals surface area contributed by atoms with Gasteiger partial charge in [0.25, 0.3) is 0 Å². The monoisotopic (exact) mass is 431 g/mol. The molecule has 1 aromatic heterocycles. The maximum Gasteiger partial charge on any atom is 0.349 e. The normalized spacial score (nSPS) is 19.5. The number of hydrogen-bond acceptors (Lipinski definition) is 6. The number of benzene rings is 2. The van der Waals surface area contributed by atoms with E-state index in [-0.39, 0.29) is 17.4 Å². The van der Waals surface area contributed by atoms with Crippen LogP contribution in [0.5, 0.6) is 0 Å². The zero-order chi connectivity index (χ0) is 22.1. The first kappa shape index (κ1) is 20.8. The van der Waals surface area contributed by atoms with Gasteiger partial charge in [0.2, 0.25) is 0 Å². The Labute approximate surface area is 187 Å². The number of ketones is 1. The van der Waals surface area contributed by atoms with E-state index in [0.29, 0.717) is 19.5 Å². The van der Waals surface area contributed by atoms with Gasteiger partial charge in [-0.15, -0.1) is 0 Å². The first-order chi connectivity index (χ1) is 15.6. The van der Waals surface area contributed by atoms with Gasteiger partial charge in [0, 0.05) is 57.0 Å². The minimum Gasteiger partial charge on any atom is -0.370 e. The van der Waals surface area contributed by atoms with Crippen LogP contribution in [-0.2, 0) is 17.8 Å². The number of piperazine rings is 1. The fraction of sp³-hybridized carbons (Fsp3) is 0.400. The summed E-state index contributed by atoms with van der Waals surface area (Å²) in [5, 5.41) is 4.42. The first-order valence-electron chi connectivity index (χ1n) is 11.3. The predicted molar refractivity (Wildman–Crippen MR) is 126 cm³/mol. The smallest absolute Gasteiger partial charge is 0.349 e. The highest BCUT2D eigenvalue weighted by Crippen LogP contribution is 2.28. The summed E-state index contributed by atoms with van der Waals surface area (Å²) in [7, 11) is 2.12. The highest BCUT2D eigenvalue weighted by atomic mass is 16.1. The van der Waals surface area contributed by atoms with Crippen molar-refractivity contribution >= 4 is 22.5 Å². The Morgan fingerprint density at radius 1 is 1.06 bits per heavy atom. The molecule has 32 heavy (non-hydrogen) atoms. The summed E-state index contributed by atoms with van der Waals surface area (Å²) in [6.45, 7) is 5.85. The van der Waals surface area contributed by atoms with Gasteiger partial charge in [-0.05, 0) is 30.3 Å². The molecule has 0 amide bonds. The van der Waals surface area contributed by atoms with Gasteiger partial charge in [-0.3, -0.25) is 14.3 Å². The van der Waals surface area contributed by atoms with E-state index in [1.807, 2.05) is 36.4 Å². The van der Waals surface area contributed by atoms with Crippen LogP contribution in [0.4, 0.5) is 5.82 Å². The number of nitrogens with one attached hydrogen (secondary N) is 1. The molecule has 7 nitrogen and oxygen atoms in total. The van der Waals surface area contributed by atoms with E-state index in [4.69, 9.17) is 0 Å². The van der Waals surface area contributed by atoms with Crippen LogP contribution in [0.1, 0.15) is 17.0 Å². The van der Waals surface area contributed by atoms with Crippen molar-refractivity contribution < 1.29 is 4.79 Å². The Hall–Kier alpha value is -3.03. The van der Waals surface area contributed by atoms with Crippen molar-refractivity contribution in [3.05, 3.63) is 70.1 Å². The van der Waals surface area contributed by atoms with E-state index in [0.717, 1.165) is 55.0 Å². The number of carbonyl (C=O) groups is 1. The van der Waals surface area contributed by atoms with Crippen LogP contribution in [0.3, 0.4) is 0 Å². The van der Waals surface area contributed by atoms with Gasteiger partial charge in [0.05, 0.1) is 12.1 Å². The Kier molecular flexibility index (Phi) is 5.76. The predicted octanol–water partition coefficient (Wildman–Crippen LogP) is 1.96. The number of aromatic nitrogens is 2. The molecule has 2 aliphatic rings. The molecule has 2 aliphatic heterocycles. The number of hydrogen-bond donors (Lipinski definition) is 1. The molecule has 0 bridgehead atoms. The van der Waals surface area contributed by atoms with Crippen LogP contribution in [0.15, 0.2) is 53.3 Å². The van der Waals surface area contributed by atoms with Gasteiger partial charge < -0.3 is 10.2 Å². The highest BCUT2D eigenvalue weighted by Gasteiger charge is 2.23. The van der Waals surface area contributed by atoms with Crippen molar-refractivity contribution in [3.8, 4) is 0 Å². The third kappa shape index (κ3) is 4.31. The molecule has 7 heteroatoms. The first-order valence-corrected chi connectivity index (χ1v) is 11.3. The van der Waals surface area contributed by atoms with Crippen molar-refractivity contribution in [2.75, 3.05) is 51.6 Å². The summed E-state index contributed by atoms with van der Waals surface area (Å²) in [4.78, 5) is 33.9. The van der Waals surface area contributed by atoms with Crippen LogP contribution in [-0.4, -0.2) is 71.5 Å². The molecule has 0 saturated carbocycles. The molecule has 1 fully saturated rings. The topological polar surface area (TPSA) is 70.5 Å². The summed E-state index contributed by atoms with van der Waals surface area (Å²) >= 11 is 0. The van der Waals surface area contributed by atoms with Crippen molar-refractivity contribution in [3.63, 3.8) is 0 Å². The average molecular weight is 432 g/mol.